The monoisotopic (exact) mass is 437 g/mol. The summed E-state index contributed by atoms with van der Waals surface area (Å²) in [5, 5.41) is 0. The van der Waals surface area contributed by atoms with Gasteiger partial charge in [-0.1, -0.05) is 24.1 Å². The number of ether oxygens (including phenoxy) is 3. The van der Waals surface area contributed by atoms with Crippen LogP contribution in [-0.2, 0) is 28.8 Å². The summed E-state index contributed by atoms with van der Waals surface area (Å²) in [7, 11) is -2.80. The third kappa shape index (κ3) is 4.94. The summed E-state index contributed by atoms with van der Waals surface area (Å²) in [6.07, 6.45) is -0.429. The lowest BCUT2D eigenvalue weighted by Gasteiger charge is -2.42. The fraction of sp³-hybridized carbons (Fsp3) is 0.524. The molecular formula is C21H27NO7S. The van der Waals surface area contributed by atoms with Crippen molar-refractivity contribution in [1.82, 2.24) is 4.90 Å². The molecule has 8 nitrogen and oxygen atoms in total. The van der Waals surface area contributed by atoms with Gasteiger partial charge in [-0.2, -0.15) is 0 Å². The first-order valence-corrected chi connectivity index (χ1v) is 11.2. The van der Waals surface area contributed by atoms with Crippen LogP contribution in [0.2, 0.25) is 0 Å². The number of rotatable bonds is 7. The molecule has 0 aromatic heterocycles. The Hall–Kier alpha value is -2.57. The minimum Gasteiger partial charge on any atom is -0.465 e. The van der Waals surface area contributed by atoms with Crippen molar-refractivity contribution in [2.45, 2.75) is 37.0 Å². The summed E-state index contributed by atoms with van der Waals surface area (Å²) in [5.74, 6) is 4.69. The second-order valence-electron chi connectivity index (χ2n) is 6.76. The fourth-order valence-electron chi connectivity index (χ4n) is 3.50. The number of methoxy groups -OCH3 is 1. The third-order valence-electron chi connectivity index (χ3n) is 5.06. The van der Waals surface area contributed by atoms with E-state index in [0.717, 1.165) is 0 Å². The van der Waals surface area contributed by atoms with E-state index in [1.165, 1.54) is 24.1 Å². The first-order valence-electron chi connectivity index (χ1n) is 9.63. The number of hydrogen-bond acceptors (Lipinski definition) is 7. The van der Waals surface area contributed by atoms with E-state index in [0.29, 0.717) is 0 Å². The van der Waals surface area contributed by atoms with Gasteiger partial charge < -0.3 is 19.1 Å². The van der Waals surface area contributed by atoms with Gasteiger partial charge in [-0.3, -0.25) is 4.79 Å². The number of nitrogens with zero attached hydrogens (tertiary/aromatic N) is 1. The standard InChI is InChI=1S/C21H27NO7S/c1-4-6-16-29-19(30(25,26)17-10-8-7-9-11-17)21(18(23)28-5-2)12-14-22(15-13-21)20(24)27-3/h7-11,19H,5,12-16H2,1-3H3. The minimum atomic E-state index is -4.07. The zero-order valence-electron chi connectivity index (χ0n) is 17.4. The molecule has 1 heterocycles. The molecule has 1 amide bonds. The lowest BCUT2D eigenvalue weighted by Crippen LogP contribution is -2.55. The number of amides is 1. The van der Waals surface area contributed by atoms with Crippen LogP contribution in [0.4, 0.5) is 4.79 Å². The zero-order valence-corrected chi connectivity index (χ0v) is 18.2. The van der Waals surface area contributed by atoms with Gasteiger partial charge in [-0.25, -0.2) is 13.2 Å². The molecule has 0 N–H and O–H groups in total. The fourth-order valence-corrected chi connectivity index (χ4v) is 5.45. The lowest BCUT2D eigenvalue weighted by molar-refractivity contribution is -0.165. The smallest absolute Gasteiger partial charge is 0.409 e. The Morgan fingerprint density at radius 2 is 1.83 bits per heavy atom. The Labute approximate surface area is 177 Å². The molecule has 9 heteroatoms. The van der Waals surface area contributed by atoms with E-state index >= 15 is 0 Å². The molecule has 1 saturated heterocycles. The summed E-state index contributed by atoms with van der Waals surface area (Å²) in [5.41, 5.74) is -2.99. The molecule has 0 radical (unpaired) electrons. The highest BCUT2D eigenvalue weighted by molar-refractivity contribution is 7.92. The first kappa shape index (κ1) is 23.7. The molecule has 1 fully saturated rings. The molecule has 1 aliphatic rings. The van der Waals surface area contributed by atoms with Crippen molar-refractivity contribution in [3.05, 3.63) is 30.3 Å². The molecule has 1 unspecified atom stereocenters. The average molecular weight is 438 g/mol. The van der Waals surface area contributed by atoms with Crippen molar-refractivity contribution in [1.29, 1.82) is 0 Å². The Bertz CT molecular complexity index is 894. The number of esters is 1. The van der Waals surface area contributed by atoms with Crippen molar-refractivity contribution < 1.29 is 32.2 Å². The number of carbonyl (C=O) groups excluding carboxylic acids is 2. The second kappa shape index (κ2) is 10.5. The van der Waals surface area contributed by atoms with Gasteiger partial charge in [-0.15, -0.1) is 5.92 Å². The summed E-state index contributed by atoms with van der Waals surface area (Å²) in [6, 6.07) is 7.83. The number of benzene rings is 1. The Balaban J connectivity index is 2.51. The van der Waals surface area contributed by atoms with Gasteiger partial charge in [0, 0.05) is 13.1 Å². The van der Waals surface area contributed by atoms with Crippen molar-refractivity contribution in [3.8, 4) is 11.8 Å². The molecule has 1 atom stereocenters. The van der Waals surface area contributed by atoms with Gasteiger partial charge >= 0.3 is 12.1 Å². The van der Waals surface area contributed by atoms with E-state index < -0.39 is 32.8 Å². The highest BCUT2D eigenvalue weighted by Gasteiger charge is 2.56. The van der Waals surface area contributed by atoms with Crippen molar-refractivity contribution in [2.24, 2.45) is 5.41 Å². The van der Waals surface area contributed by atoms with Crippen LogP contribution in [0, 0.1) is 17.3 Å². The van der Waals surface area contributed by atoms with Crippen molar-refractivity contribution in [3.63, 3.8) is 0 Å². The largest absolute Gasteiger partial charge is 0.465 e. The summed E-state index contributed by atoms with van der Waals surface area (Å²) in [4.78, 5) is 26.4. The molecule has 164 valence electrons. The van der Waals surface area contributed by atoms with E-state index in [1.54, 1.807) is 32.0 Å². The maximum atomic E-state index is 13.5. The summed E-state index contributed by atoms with van der Waals surface area (Å²) < 4.78 is 42.8. The molecule has 30 heavy (non-hydrogen) atoms. The minimum absolute atomic E-state index is 0.0403. The maximum absolute atomic E-state index is 13.5. The Morgan fingerprint density at radius 1 is 1.20 bits per heavy atom. The van der Waals surface area contributed by atoms with Gasteiger partial charge in [-0.05, 0) is 38.8 Å². The lowest BCUT2D eigenvalue weighted by atomic mass is 9.78. The van der Waals surface area contributed by atoms with E-state index in [4.69, 9.17) is 14.2 Å². The van der Waals surface area contributed by atoms with Gasteiger partial charge in [0.25, 0.3) is 0 Å². The van der Waals surface area contributed by atoms with E-state index in [-0.39, 0.29) is 44.0 Å². The summed E-state index contributed by atoms with van der Waals surface area (Å²) >= 11 is 0. The number of likely N-dealkylation sites (tertiary alicyclic amines) is 1. The van der Waals surface area contributed by atoms with Gasteiger partial charge in [0.2, 0.25) is 9.84 Å². The van der Waals surface area contributed by atoms with Crippen LogP contribution in [0.3, 0.4) is 0 Å². The number of piperidine rings is 1. The topological polar surface area (TPSA) is 99.2 Å². The third-order valence-corrected chi connectivity index (χ3v) is 7.14. The predicted molar refractivity (Wildman–Crippen MR) is 109 cm³/mol. The maximum Gasteiger partial charge on any atom is 0.409 e. The normalized spacial score (nSPS) is 16.7. The molecule has 2 rings (SSSR count). The second-order valence-corrected chi connectivity index (χ2v) is 8.75. The predicted octanol–water partition coefficient (Wildman–Crippen LogP) is 2.24. The Morgan fingerprint density at radius 3 is 2.37 bits per heavy atom. The van der Waals surface area contributed by atoms with Crippen LogP contribution in [0.1, 0.15) is 26.7 Å². The number of sulfone groups is 1. The highest BCUT2D eigenvalue weighted by Crippen LogP contribution is 2.42. The van der Waals surface area contributed by atoms with E-state index in [9.17, 15) is 18.0 Å². The molecule has 1 aliphatic heterocycles. The summed E-state index contributed by atoms with van der Waals surface area (Å²) in [6.45, 7) is 3.47. The van der Waals surface area contributed by atoms with Crippen LogP contribution in [-0.4, -0.2) is 64.2 Å². The van der Waals surface area contributed by atoms with E-state index in [2.05, 4.69) is 11.8 Å². The number of carbonyl (C=O) groups is 2. The molecule has 0 aliphatic carbocycles. The SMILES string of the molecule is CC#CCOC(C1(C(=O)OCC)CCN(C(=O)OC)CC1)S(=O)(=O)c1ccccc1. The van der Waals surface area contributed by atoms with Crippen molar-refractivity contribution >= 4 is 21.9 Å². The zero-order chi connectivity index (χ0) is 22.2. The first-order chi connectivity index (χ1) is 14.3. The highest BCUT2D eigenvalue weighted by atomic mass is 32.2. The van der Waals surface area contributed by atoms with Gasteiger partial charge in [0.05, 0.1) is 18.6 Å². The molecule has 0 bridgehead atoms. The van der Waals surface area contributed by atoms with Crippen LogP contribution in [0.25, 0.3) is 0 Å². The van der Waals surface area contributed by atoms with Crippen molar-refractivity contribution in [2.75, 3.05) is 33.4 Å². The molecule has 1 aromatic carbocycles. The van der Waals surface area contributed by atoms with Crippen LogP contribution >= 0.6 is 0 Å². The van der Waals surface area contributed by atoms with Crippen LogP contribution < -0.4 is 0 Å². The molecule has 0 spiro atoms. The molecule has 1 aromatic rings. The van der Waals surface area contributed by atoms with Crippen LogP contribution in [0.15, 0.2) is 35.2 Å². The molecular weight excluding hydrogens is 410 g/mol. The quantitative estimate of drug-likeness (QED) is 0.476. The van der Waals surface area contributed by atoms with Gasteiger partial charge in [0.1, 0.15) is 12.0 Å². The van der Waals surface area contributed by atoms with E-state index in [1.807, 2.05) is 0 Å². The molecule has 0 saturated carbocycles. The van der Waals surface area contributed by atoms with Gasteiger partial charge in [0.15, 0.2) is 5.44 Å². The van der Waals surface area contributed by atoms with Crippen LogP contribution in [0.5, 0.6) is 0 Å². The Kier molecular flexibility index (Phi) is 8.26. The number of hydrogen-bond donors (Lipinski definition) is 0. The average Bonchev–Trinajstić information content (AvgIpc) is 2.77.